The van der Waals surface area contributed by atoms with Crippen molar-refractivity contribution in [2.45, 2.75) is 13.0 Å². The maximum atomic E-state index is 12.4. The molecule has 0 spiro atoms. The van der Waals surface area contributed by atoms with Gasteiger partial charge in [0.05, 0.1) is 18.1 Å². The summed E-state index contributed by atoms with van der Waals surface area (Å²) in [6.45, 7) is 1.93. The third kappa shape index (κ3) is 3.20. The molecule has 0 amide bonds. The van der Waals surface area contributed by atoms with Crippen molar-refractivity contribution in [1.29, 1.82) is 0 Å². The molecule has 0 fully saturated rings. The summed E-state index contributed by atoms with van der Waals surface area (Å²) in [4.78, 5) is 20.7. The summed E-state index contributed by atoms with van der Waals surface area (Å²) in [6, 6.07) is 6.70. The number of anilines is 1. The van der Waals surface area contributed by atoms with E-state index in [-0.39, 0.29) is 16.8 Å². The highest BCUT2D eigenvalue weighted by Crippen LogP contribution is 2.30. The van der Waals surface area contributed by atoms with E-state index in [9.17, 15) is 4.79 Å². The zero-order valence-corrected chi connectivity index (χ0v) is 15.1. The maximum absolute atomic E-state index is 12.4. The summed E-state index contributed by atoms with van der Waals surface area (Å²) >= 11 is 18.2. The number of aryl methyl sites for hydroxylation is 1. The fraction of sp³-hybridized carbons (Fsp3) is 0.188. The Balaban J connectivity index is 2.09. The van der Waals surface area contributed by atoms with E-state index in [0.717, 1.165) is 5.56 Å². The number of rotatable bonds is 3. The van der Waals surface area contributed by atoms with Crippen LogP contribution < -0.4 is 10.9 Å². The first-order valence-electron chi connectivity index (χ1n) is 7.10. The molecular formula is C16H13Cl3N4O. The van der Waals surface area contributed by atoms with Crippen LogP contribution >= 0.6 is 34.8 Å². The molecule has 0 aliphatic heterocycles. The van der Waals surface area contributed by atoms with Crippen LogP contribution in [0, 0.1) is 0 Å². The van der Waals surface area contributed by atoms with Gasteiger partial charge in [0.25, 0.3) is 5.56 Å². The fourth-order valence-corrected chi connectivity index (χ4v) is 3.21. The largest absolute Gasteiger partial charge is 0.378 e. The summed E-state index contributed by atoms with van der Waals surface area (Å²) in [5.41, 5.74) is 1.49. The van der Waals surface area contributed by atoms with Crippen molar-refractivity contribution in [3.63, 3.8) is 0 Å². The molecule has 124 valence electrons. The molecule has 3 rings (SSSR count). The third-order valence-corrected chi connectivity index (χ3v) is 4.41. The molecule has 0 bridgehead atoms. The minimum absolute atomic E-state index is 0.179. The van der Waals surface area contributed by atoms with Crippen LogP contribution in [0.25, 0.3) is 11.0 Å². The SMILES string of the molecule is C[C@@H](Nc1cc(Cl)nc2ncn(C)c(=O)c12)c1ccc(Cl)cc1Cl. The van der Waals surface area contributed by atoms with Crippen molar-refractivity contribution in [3.8, 4) is 0 Å². The number of nitrogens with one attached hydrogen (secondary N) is 1. The lowest BCUT2D eigenvalue weighted by molar-refractivity contribution is 0.837. The van der Waals surface area contributed by atoms with Crippen LogP contribution in [-0.2, 0) is 7.05 Å². The second kappa shape index (κ2) is 6.59. The quantitative estimate of drug-likeness (QED) is 0.678. The third-order valence-electron chi connectivity index (χ3n) is 3.66. The van der Waals surface area contributed by atoms with Crippen LogP contribution in [0.1, 0.15) is 18.5 Å². The van der Waals surface area contributed by atoms with E-state index in [1.807, 2.05) is 13.0 Å². The minimum Gasteiger partial charge on any atom is -0.378 e. The highest BCUT2D eigenvalue weighted by atomic mass is 35.5. The van der Waals surface area contributed by atoms with Gasteiger partial charge in [-0.1, -0.05) is 40.9 Å². The Morgan fingerprint density at radius 3 is 2.67 bits per heavy atom. The summed E-state index contributed by atoms with van der Waals surface area (Å²) in [6.07, 6.45) is 1.41. The van der Waals surface area contributed by atoms with E-state index in [4.69, 9.17) is 34.8 Å². The Hall–Kier alpha value is -1.82. The van der Waals surface area contributed by atoms with Crippen molar-refractivity contribution >= 4 is 51.5 Å². The number of hydrogen-bond donors (Lipinski definition) is 1. The van der Waals surface area contributed by atoms with Gasteiger partial charge in [0, 0.05) is 17.1 Å². The van der Waals surface area contributed by atoms with Crippen molar-refractivity contribution in [1.82, 2.24) is 14.5 Å². The molecule has 1 atom stereocenters. The van der Waals surface area contributed by atoms with E-state index < -0.39 is 0 Å². The van der Waals surface area contributed by atoms with Crippen LogP contribution in [0.3, 0.4) is 0 Å². The Kier molecular flexibility index (Phi) is 4.67. The van der Waals surface area contributed by atoms with Crippen LogP contribution in [0.15, 0.2) is 35.4 Å². The van der Waals surface area contributed by atoms with Gasteiger partial charge in [-0.25, -0.2) is 9.97 Å². The first-order chi connectivity index (χ1) is 11.4. The molecule has 1 N–H and O–H groups in total. The number of nitrogens with zero attached hydrogens (tertiary/aromatic N) is 3. The standard InChI is InChI=1S/C16H13Cl3N4O/c1-8(10-4-3-9(17)5-11(10)18)21-12-6-13(19)22-15-14(12)16(24)23(2)7-20-15/h3-8H,1-2H3,(H,21,22)/t8-/m1/s1. The van der Waals surface area contributed by atoms with Gasteiger partial charge in [-0.15, -0.1) is 0 Å². The molecule has 2 aromatic heterocycles. The Morgan fingerprint density at radius 1 is 1.21 bits per heavy atom. The molecule has 0 saturated carbocycles. The van der Waals surface area contributed by atoms with Crippen LogP contribution in [-0.4, -0.2) is 14.5 Å². The average molecular weight is 384 g/mol. The Morgan fingerprint density at radius 2 is 1.96 bits per heavy atom. The van der Waals surface area contributed by atoms with E-state index in [0.29, 0.717) is 26.8 Å². The number of benzene rings is 1. The number of halogens is 3. The second-order valence-electron chi connectivity index (χ2n) is 5.38. The van der Waals surface area contributed by atoms with Crippen molar-refractivity contribution in [2.24, 2.45) is 7.05 Å². The number of aromatic nitrogens is 3. The number of pyridine rings is 1. The van der Waals surface area contributed by atoms with Crippen molar-refractivity contribution < 1.29 is 0 Å². The topological polar surface area (TPSA) is 59.8 Å². The van der Waals surface area contributed by atoms with Crippen LogP contribution in [0.2, 0.25) is 15.2 Å². The lowest BCUT2D eigenvalue weighted by Gasteiger charge is -2.18. The Labute approximate surface area is 153 Å². The molecular weight excluding hydrogens is 371 g/mol. The lowest BCUT2D eigenvalue weighted by atomic mass is 10.1. The molecule has 24 heavy (non-hydrogen) atoms. The molecule has 0 unspecified atom stereocenters. The molecule has 0 saturated heterocycles. The molecule has 8 heteroatoms. The molecule has 0 aliphatic carbocycles. The fourth-order valence-electron chi connectivity index (χ4n) is 2.45. The van der Waals surface area contributed by atoms with Crippen molar-refractivity contribution in [3.05, 3.63) is 61.7 Å². The Bertz CT molecular complexity index is 987. The first-order valence-corrected chi connectivity index (χ1v) is 8.23. The molecule has 0 radical (unpaired) electrons. The smallest absolute Gasteiger partial charge is 0.264 e. The second-order valence-corrected chi connectivity index (χ2v) is 6.61. The normalized spacial score (nSPS) is 12.4. The van der Waals surface area contributed by atoms with E-state index >= 15 is 0 Å². The zero-order valence-electron chi connectivity index (χ0n) is 12.8. The summed E-state index contributed by atoms with van der Waals surface area (Å²) in [5.74, 6) is 0. The zero-order chi connectivity index (χ0) is 17.4. The van der Waals surface area contributed by atoms with Gasteiger partial charge in [0.2, 0.25) is 0 Å². The molecule has 3 aromatic rings. The molecule has 2 heterocycles. The summed E-state index contributed by atoms with van der Waals surface area (Å²) < 4.78 is 1.39. The van der Waals surface area contributed by atoms with Gasteiger partial charge >= 0.3 is 0 Å². The lowest BCUT2D eigenvalue weighted by Crippen LogP contribution is -2.19. The maximum Gasteiger partial charge on any atom is 0.264 e. The monoisotopic (exact) mass is 382 g/mol. The highest BCUT2D eigenvalue weighted by molar-refractivity contribution is 6.35. The van der Waals surface area contributed by atoms with Gasteiger partial charge in [0.1, 0.15) is 10.5 Å². The first kappa shape index (κ1) is 17.0. The van der Waals surface area contributed by atoms with Gasteiger partial charge < -0.3 is 9.88 Å². The highest BCUT2D eigenvalue weighted by Gasteiger charge is 2.15. The van der Waals surface area contributed by atoms with Gasteiger partial charge in [-0.3, -0.25) is 4.79 Å². The van der Waals surface area contributed by atoms with Crippen LogP contribution in [0.5, 0.6) is 0 Å². The van der Waals surface area contributed by atoms with E-state index in [1.54, 1.807) is 25.2 Å². The molecule has 0 aliphatic rings. The predicted octanol–water partition coefficient (Wildman–Crippen LogP) is 4.46. The van der Waals surface area contributed by atoms with Crippen LogP contribution in [0.4, 0.5) is 5.69 Å². The molecule has 5 nitrogen and oxygen atoms in total. The van der Waals surface area contributed by atoms with Gasteiger partial charge in [-0.05, 0) is 30.7 Å². The van der Waals surface area contributed by atoms with Gasteiger partial charge in [-0.2, -0.15) is 0 Å². The predicted molar refractivity (Wildman–Crippen MR) is 98.3 cm³/mol. The minimum atomic E-state index is -0.207. The number of fused-ring (bicyclic) bond motifs is 1. The average Bonchev–Trinajstić information content (AvgIpc) is 2.50. The summed E-state index contributed by atoms with van der Waals surface area (Å²) in [5, 5.41) is 4.99. The number of hydrogen-bond acceptors (Lipinski definition) is 4. The summed E-state index contributed by atoms with van der Waals surface area (Å²) in [7, 11) is 1.63. The van der Waals surface area contributed by atoms with Gasteiger partial charge in [0.15, 0.2) is 5.65 Å². The van der Waals surface area contributed by atoms with E-state index in [2.05, 4.69) is 15.3 Å². The van der Waals surface area contributed by atoms with E-state index in [1.165, 1.54) is 10.9 Å². The van der Waals surface area contributed by atoms with Crippen molar-refractivity contribution in [2.75, 3.05) is 5.32 Å². The molecule has 1 aromatic carbocycles.